The van der Waals surface area contributed by atoms with Gasteiger partial charge >= 0.3 is 0 Å². The number of aromatic nitrogens is 2. The fourth-order valence-corrected chi connectivity index (χ4v) is 1.43. The molecule has 0 saturated heterocycles. The number of halogens is 1. The van der Waals surface area contributed by atoms with E-state index in [2.05, 4.69) is 10.1 Å². The predicted octanol–water partition coefficient (Wildman–Crippen LogP) is 1.32. The quantitative estimate of drug-likeness (QED) is 0.561. The van der Waals surface area contributed by atoms with E-state index in [1.165, 1.54) is 4.68 Å². The van der Waals surface area contributed by atoms with Crippen LogP contribution in [0.25, 0.3) is 0 Å². The molecule has 18 heavy (non-hydrogen) atoms. The van der Waals surface area contributed by atoms with Gasteiger partial charge in [0.05, 0.1) is 5.69 Å². The van der Waals surface area contributed by atoms with E-state index in [1.807, 2.05) is 0 Å². The summed E-state index contributed by atoms with van der Waals surface area (Å²) in [7, 11) is 0. The molecule has 0 bridgehead atoms. The predicted molar refractivity (Wildman–Crippen MR) is 71.4 cm³/mol. The SMILES string of the molecule is N=C(N)n1ccc(C(N)=Nc2ccc(Cl)cc2)n1. The van der Waals surface area contributed by atoms with Crippen molar-refractivity contribution < 1.29 is 0 Å². The maximum absolute atomic E-state index is 7.22. The number of amidine groups is 1. The van der Waals surface area contributed by atoms with Gasteiger partial charge in [-0.2, -0.15) is 5.10 Å². The van der Waals surface area contributed by atoms with Crippen molar-refractivity contribution in [3.63, 3.8) is 0 Å². The summed E-state index contributed by atoms with van der Waals surface area (Å²) in [6.45, 7) is 0. The summed E-state index contributed by atoms with van der Waals surface area (Å²) in [6, 6.07) is 8.58. The Labute approximate surface area is 108 Å². The summed E-state index contributed by atoms with van der Waals surface area (Å²) < 4.78 is 1.21. The highest BCUT2D eigenvalue weighted by atomic mass is 35.5. The van der Waals surface area contributed by atoms with Crippen LogP contribution in [0.15, 0.2) is 41.5 Å². The number of hydrogen-bond donors (Lipinski definition) is 3. The average molecular weight is 263 g/mol. The number of aliphatic imine (C=N–C) groups is 1. The third-order valence-electron chi connectivity index (χ3n) is 2.17. The molecule has 0 unspecified atom stereocenters. The average Bonchev–Trinajstić information content (AvgIpc) is 2.81. The number of hydrogen-bond acceptors (Lipinski definition) is 3. The molecule has 2 rings (SSSR count). The number of nitrogens with one attached hydrogen (secondary N) is 1. The van der Waals surface area contributed by atoms with Crippen molar-refractivity contribution >= 4 is 29.1 Å². The Morgan fingerprint density at radius 1 is 1.22 bits per heavy atom. The van der Waals surface area contributed by atoms with Gasteiger partial charge in [-0.1, -0.05) is 11.6 Å². The third kappa shape index (κ3) is 2.67. The van der Waals surface area contributed by atoms with E-state index in [-0.39, 0.29) is 11.8 Å². The molecule has 0 aliphatic carbocycles. The molecule has 1 heterocycles. The van der Waals surface area contributed by atoms with Crippen molar-refractivity contribution in [2.24, 2.45) is 16.5 Å². The Morgan fingerprint density at radius 2 is 1.89 bits per heavy atom. The highest BCUT2D eigenvalue weighted by Crippen LogP contribution is 2.16. The normalized spacial score (nSPS) is 11.5. The van der Waals surface area contributed by atoms with Crippen LogP contribution in [0.5, 0.6) is 0 Å². The van der Waals surface area contributed by atoms with Crippen molar-refractivity contribution in [1.29, 1.82) is 5.41 Å². The minimum atomic E-state index is -0.180. The molecule has 0 fully saturated rings. The largest absolute Gasteiger partial charge is 0.382 e. The molecule has 1 aromatic heterocycles. The summed E-state index contributed by atoms with van der Waals surface area (Å²) in [5, 5.41) is 11.9. The maximum atomic E-state index is 7.22. The van der Waals surface area contributed by atoms with Crippen molar-refractivity contribution in [1.82, 2.24) is 9.78 Å². The van der Waals surface area contributed by atoms with Gasteiger partial charge in [-0.3, -0.25) is 5.41 Å². The van der Waals surface area contributed by atoms with Crippen LogP contribution in [0, 0.1) is 5.41 Å². The number of nitrogens with two attached hydrogens (primary N) is 2. The fourth-order valence-electron chi connectivity index (χ4n) is 1.31. The van der Waals surface area contributed by atoms with E-state index in [1.54, 1.807) is 36.5 Å². The van der Waals surface area contributed by atoms with Gasteiger partial charge in [0, 0.05) is 11.2 Å². The molecule has 1 aromatic carbocycles. The van der Waals surface area contributed by atoms with Gasteiger partial charge in [-0.05, 0) is 30.3 Å². The third-order valence-corrected chi connectivity index (χ3v) is 2.43. The lowest BCUT2D eigenvalue weighted by molar-refractivity contribution is 0.905. The molecule has 0 aliphatic rings. The second-order valence-electron chi connectivity index (χ2n) is 3.50. The van der Waals surface area contributed by atoms with E-state index in [4.69, 9.17) is 28.5 Å². The van der Waals surface area contributed by atoms with Gasteiger partial charge in [-0.25, -0.2) is 9.67 Å². The van der Waals surface area contributed by atoms with Gasteiger partial charge in [0.2, 0.25) is 5.96 Å². The van der Waals surface area contributed by atoms with Crippen molar-refractivity contribution in [3.05, 3.63) is 47.2 Å². The zero-order valence-corrected chi connectivity index (χ0v) is 10.1. The van der Waals surface area contributed by atoms with Crippen LogP contribution in [0.1, 0.15) is 5.69 Å². The van der Waals surface area contributed by atoms with Gasteiger partial charge in [0.15, 0.2) is 5.84 Å². The first-order valence-electron chi connectivity index (χ1n) is 5.06. The summed E-state index contributed by atoms with van der Waals surface area (Å²) >= 11 is 5.77. The van der Waals surface area contributed by atoms with Gasteiger partial charge in [0.1, 0.15) is 5.69 Å². The van der Waals surface area contributed by atoms with Crippen molar-refractivity contribution in [3.8, 4) is 0 Å². The molecule has 0 amide bonds. The fraction of sp³-hybridized carbons (Fsp3) is 0. The summed E-state index contributed by atoms with van der Waals surface area (Å²) in [4.78, 5) is 4.19. The molecule has 7 heteroatoms. The molecular weight excluding hydrogens is 252 g/mol. The Balaban J connectivity index is 2.26. The van der Waals surface area contributed by atoms with Crippen LogP contribution in [0.3, 0.4) is 0 Å². The molecule has 2 aromatic rings. The van der Waals surface area contributed by atoms with Gasteiger partial charge < -0.3 is 11.5 Å². The highest BCUT2D eigenvalue weighted by molar-refractivity contribution is 6.30. The molecule has 92 valence electrons. The minimum absolute atomic E-state index is 0.180. The van der Waals surface area contributed by atoms with E-state index in [9.17, 15) is 0 Å². The number of rotatable bonds is 2. The topological polar surface area (TPSA) is 106 Å². The highest BCUT2D eigenvalue weighted by Gasteiger charge is 2.05. The lowest BCUT2D eigenvalue weighted by Crippen LogP contribution is -2.22. The van der Waals surface area contributed by atoms with Crippen LogP contribution in [-0.4, -0.2) is 21.6 Å². The summed E-state index contributed by atoms with van der Waals surface area (Å²) in [5.41, 5.74) is 12.2. The van der Waals surface area contributed by atoms with Crippen LogP contribution in [0.4, 0.5) is 5.69 Å². The number of benzene rings is 1. The van der Waals surface area contributed by atoms with E-state index >= 15 is 0 Å². The Bertz CT molecular complexity index is 598. The summed E-state index contributed by atoms with van der Waals surface area (Å²) in [5.74, 6) is 0.0675. The van der Waals surface area contributed by atoms with Crippen LogP contribution < -0.4 is 11.5 Å². The molecular formula is C11H11ClN6. The smallest absolute Gasteiger partial charge is 0.213 e. The first kappa shape index (κ1) is 12.1. The second-order valence-corrected chi connectivity index (χ2v) is 3.94. The molecule has 6 nitrogen and oxygen atoms in total. The first-order chi connectivity index (χ1) is 8.56. The molecule has 0 atom stereocenters. The van der Waals surface area contributed by atoms with E-state index in [0.717, 1.165) is 0 Å². The maximum Gasteiger partial charge on any atom is 0.213 e. The summed E-state index contributed by atoms with van der Waals surface area (Å²) in [6.07, 6.45) is 1.54. The lowest BCUT2D eigenvalue weighted by Gasteiger charge is -1.98. The molecule has 0 radical (unpaired) electrons. The number of nitrogen functional groups attached to an aromatic ring is 1. The minimum Gasteiger partial charge on any atom is -0.382 e. The molecule has 5 N–H and O–H groups in total. The molecule has 0 spiro atoms. The Kier molecular flexibility index (Phi) is 3.29. The van der Waals surface area contributed by atoms with Crippen molar-refractivity contribution in [2.45, 2.75) is 0 Å². The van der Waals surface area contributed by atoms with E-state index < -0.39 is 0 Å². The Morgan fingerprint density at radius 3 is 2.44 bits per heavy atom. The monoisotopic (exact) mass is 262 g/mol. The van der Waals surface area contributed by atoms with E-state index in [0.29, 0.717) is 16.4 Å². The zero-order valence-electron chi connectivity index (χ0n) is 9.34. The van der Waals surface area contributed by atoms with Gasteiger partial charge in [0.25, 0.3) is 0 Å². The Hall–Kier alpha value is -2.34. The first-order valence-corrected chi connectivity index (χ1v) is 5.44. The standard InChI is InChI=1S/C11H11ClN6/c12-7-1-3-8(4-2-7)16-10(13)9-5-6-18(17-9)11(14)15/h1-6H,(H2,13,16)(H3,14,15). The zero-order chi connectivity index (χ0) is 13.1. The van der Waals surface area contributed by atoms with Crippen LogP contribution >= 0.6 is 11.6 Å². The number of nitrogens with zero attached hydrogens (tertiary/aromatic N) is 3. The van der Waals surface area contributed by atoms with Crippen LogP contribution in [-0.2, 0) is 0 Å². The molecule has 0 saturated carbocycles. The lowest BCUT2D eigenvalue weighted by atomic mass is 10.3. The van der Waals surface area contributed by atoms with Crippen LogP contribution in [0.2, 0.25) is 5.02 Å². The van der Waals surface area contributed by atoms with Crippen molar-refractivity contribution in [2.75, 3.05) is 0 Å². The second kappa shape index (κ2) is 4.89. The molecule has 0 aliphatic heterocycles. The van der Waals surface area contributed by atoms with Gasteiger partial charge in [-0.15, -0.1) is 0 Å².